The molecule has 1 aromatic carbocycles. The highest BCUT2D eigenvalue weighted by atomic mass is 32.2. The maximum atomic E-state index is 12.9. The molecule has 7 heteroatoms. The molecule has 25 heavy (non-hydrogen) atoms. The molecule has 0 saturated heterocycles. The van der Waals surface area contributed by atoms with Crippen LogP contribution in [0.15, 0.2) is 35.4 Å². The van der Waals surface area contributed by atoms with Gasteiger partial charge in [-0.1, -0.05) is 20.8 Å². The molecule has 1 N–H and O–H groups in total. The Morgan fingerprint density at radius 1 is 1.20 bits per heavy atom. The van der Waals surface area contributed by atoms with Crippen LogP contribution < -0.4 is 9.46 Å². The zero-order chi connectivity index (χ0) is 18.8. The van der Waals surface area contributed by atoms with Gasteiger partial charge in [-0.2, -0.15) is 5.10 Å². The second kappa shape index (κ2) is 7.07. The van der Waals surface area contributed by atoms with Crippen molar-refractivity contribution in [1.82, 2.24) is 9.78 Å². The topological polar surface area (TPSA) is 73.2 Å². The Kier molecular flexibility index (Phi) is 5.46. The van der Waals surface area contributed by atoms with Gasteiger partial charge in [0.05, 0.1) is 12.3 Å². The summed E-state index contributed by atoms with van der Waals surface area (Å²) in [4.78, 5) is 0.211. The third-order valence-corrected chi connectivity index (χ3v) is 5.03. The van der Waals surface area contributed by atoms with Gasteiger partial charge in [0, 0.05) is 23.3 Å². The van der Waals surface area contributed by atoms with Crippen LogP contribution in [-0.2, 0) is 15.4 Å². The first-order chi connectivity index (χ1) is 11.5. The van der Waals surface area contributed by atoms with E-state index in [2.05, 4.69) is 9.82 Å². The van der Waals surface area contributed by atoms with Crippen LogP contribution in [0.2, 0.25) is 0 Å². The molecule has 0 amide bonds. The van der Waals surface area contributed by atoms with Gasteiger partial charge >= 0.3 is 0 Å². The summed E-state index contributed by atoms with van der Waals surface area (Å²) in [5.74, 6) is 0.702. The average Bonchev–Trinajstić information content (AvgIpc) is 2.96. The Morgan fingerprint density at radius 2 is 1.80 bits per heavy atom. The van der Waals surface area contributed by atoms with Gasteiger partial charge in [0.1, 0.15) is 10.6 Å². The van der Waals surface area contributed by atoms with Crippen LogP contribution in [0.4, 0.5) is 5.69 Å². The Balaban J connectivity index is 2.38. The lowest BCUT2D eigenvalue weighted by Gasteiger charge is -2.18. The Hall–Kier alpha value is -2.02. The Labute approximate surface area is 150 Å². The molecule has 0 radical (unpaired) electrons. The van der Waals surface area contributed by atoms with E-state index in [1.807, 2.05) is 41.5 Å². The van der Waals surface area contributed by atoms with Crippen molar-refractivity contribution in [2.24, 2.45) is 0 Å². The largest absolute Gasteiger partial charge is 0.494 e. The van der Waals surface area contributed by atoms with Crippen molar-refractivity contribution < 1.29 is 13.2 Å². The highest BCUT2D eigenvalue weighted by Crippen LogP contribution is 2.30. The summed E-state index contributed by atoms with van der Waals surface area (Å²) in [6.45, 7) is 12.3. The molecular formula is C18H27N3O3S. The molecule has 1 aromatic heterocycles. The second-order valence-corrected chi connectivity index (χ2v) is 8.88. The van der Waals surface area contributed by atoms with Gasteiger partial charge in [-0.3, -0.25) is 9.40 Å². The van der Waals surface area contributed by atoms with E-state index < -0.39 is 10.0 Å². The number of benzene rings is 1. The maximum Gasteiger partial charge on any atom is 0.265 e. The predicted molar refractivity (Wildman–Crippen MR) is 99.7 cm³/mol. The highest BCUT2D eigenvalue weighted by Gasteiger charge is 2.30. The molecule has 0 aliphatic rings. The quantitative estimate of drug-likeness (QED) is 0.841. The normalized spacial score (nSPS) is 12.4. The summed E-state index contributed by atoms with van der Waals surface area (Å²) in [7, 11) is -3.74. The zero-order valence-electron chi connectivity index (χ0n) is 15.7. The lowest BCUT2D eigenvalue weighted by atomic mass is 9.92. The van der Waals surface area contributed by atoms with E-state index in [-0.39, 0.29) is 16.4 Å². The van der Waals surface area contributed by atoms with Gasteiger partial charge < -0.3 is 4.74 Å². The molecule has 2 rings (SSSR count). The van der Waals surface area contributed by atoms with E-state index in [1.54, 1.807) is 35.1 Å². The van der Waals surface area contributed by atoms with E-state index in [1.165, 1.54) is 0 Å². The van der Waals surface area contributed by atoms with Crippen molar-refractivity contribution in [2.75, 3.05) is 11.3 Å². The van der Waals surface area contributed by atoms with E-state index in [9.17, 15) is 8.42 Å². The Bertz CT molecular complexity index is 816. The fraction of sp³-hybridized carbons (Fsp3) is 0.500. The van der Waals surface area contributed by atoms with Crippen molar-refractivity contribution in [1.29, 1.82) is 0 Å². The number of sulfonamides is 1. The molecule has 0 fully saturated rings. The van der Waals surface area contributed by atoms with Crippen molar-refractivity contribution in [3.05, 3.63) is 36.2 Å². The second-order valence-electron chi connectivity index (χ2n) is 7.23. The molecule has 0 aliphatic carbocycles. The first-order valence-corrected chi connectivity index (χ1v) is 9.88. The lowest BCUT2D eigenvalue weighted by Crippen LogP contribution is -2.20. The van der Waals surface area contributed by atoms with Crippen molar-refractivity contribution in [3.63, 3.8) is 0 Å². The summed E-state index contributed by atoms with van der Waals surface area (Å²) in [5, 5.41) is 4.50. The van der Waals surface area contributed by atoms with Crippen LogP contribution in [0, 0.1) is 0 Å². The predicted octanol–water partition coefficient (Wildman–Crippen LogP) is 3.96. The van der Waals surface area contributed by atoms with E-state index >= 15 is 0 Å². The summed E-state index contributed by atoms with van der Waals surface area (Å²) in [5.41, 5.74) is 0.656. The van der Waals surface area contributed by atoms with Crippen molar-refractivity contribution in [2.45, 2.75) is 57.9 Å². The number of aromatic nitrogens is 2. The molecular weight excluding hydrogens is 338 g/mol. The van der Waals surface area contributed by atoms with Gasteiger partial charge in [-0.25, -0.2) is 8.42 Å². The van der Waals surface area contributed by atoms with Crippen LogP contribution in [0.1, 0.15) is 53.3 Å². The Morgan fingerprint density at radius 3 is 2.28 bits per heavy atom. The molecule has 0 aliphatic heterocycles. The summed E-state index contributed by atoms with van der Waals surface area (Å²) in [6, 6.07) is 6.93. The van der Waals surface area contributed by atoms with Crippen LogP contribution in [0.3, 0.4) is 0 Å². The molecule has 0 spiro atoms. The molecule has 6 nitrogen and oxygen atoms in total. The molecule has 2 aromatic rings. The van der Waals surface area contributed by atoms with Crippen molar-refractivity contribution >= 4 is 15.7 Å². The monoisotopic (exact) mass is 365 g/mol. The average molecular weight is 365 g/mol. The minimum Gasteiger partial charge on any atom is -0.494 e. The fourth-order valence-corrected chi connectivity index (χ4v) is 3.76. The fourth-order valence-electron chi connectivity index (χ4n) is 2.35. The zero-order valence-corrected chi connectivity index (χ0v) is 16.5. The number of hydrogen-bond donors (Lipinski definition) is 1. The smallest absolute Gasteiger partial charge is 0.265 e. The van der Waals surface area contributed by atoms with Gasteiger partial charge in [0.15, 0.2) is 0 Å². The summed E-state index contributed by atoms with van der Waals surface area (Å²) >= 11 is 0. The molecule has 0 atom stereocenters. The van der Waals surface area contributed by atoms with E-state index in [4.69, 9.17) is 4.74 Å². The summed E-state index contributed by atoms with van der Waals surface area (Å²) in [6.07, 6.45) is 1.60. The highest BCUT2D eigenvalue weighted by molar-refractivity contribution is 7.92. The van der Waals surface area contributed by atoms with Crippen molar-refractivity contribution in [3.8, 4) is 5.75 Å². The van der Waals surface area contributed by atoms with Gasteiger partial charge in [0.2, 0.25) is 0 Å². The molecule has 0 bridgehead atoms. The minimum atomic E-state index is -3.74. The molecule has 0 unspecified atom stereocenters. The minimum absolute atomic E-state index is 0.0792. The molecule has 1 heterocycles. The molecule has 138 valence electrons. The van der Waals surface area contributed by atoms with Crippen LogP contribution in [0.25, 0.3) is 0 Å². The van der Waals surface area contributed by atoms with Gasteiger partial charge in [-0.05, 0) is 45.0 Å². The number of nitrogens with zero attached hydrogens (tertiary/aromatic N) is 2. The number of hydrogen-bond acceptors (Lipinski definition) is 4. The summed E-state index contributed by atoms with van der Waals surface area (Å²) < 4.78 is 35.5. The van der Waals surface area contributed by atoms with Gasteiger partial charge in [0.25, 0.3) is 10.0 Å². The van der Waals surface area contributed by atoms with Crippen LogP contribution in [-0.4, -0.2) is 24.8 Å². The number of nitrogens with one attached hydrogen (secondary N) is 1. The third-order valence-electron chi connectivity index (χ3n) is 3.64. The first kappa shape index (κ1) is 19.3. The van der Waals surface area contributed by atoms with Gasteiger partial charge in [-0.15, -0.1) is 0 Å². The maximum absolute atomic E-state index is 12.9. The number of ether oxygens (including phenoxy) is 1. The third kappa shape index (κ3) is 4.54. The number of anilines is 1. The standard InChI is InChI=1S/C18H27N3O3S/c1-7-24-15-10-8-14(9-11-15)20-25(22,23)16-12-21(13(2)3)19-17(16)18(4,5)6/h8-13,20H,7H2,1-6H3. The van der Waals surface area contributed by atoms with Crippen LogP contribution >= 0.6 is 0 Å². The lowest BCUT2D eigenvalue weighted by molar-refractivity contribution is 0.340. The van der Waals surface area contributed by atoms with E-state index in [0.717, 1.165) is 0 Å². The number of rotatable bonds is 6. The SMILES string of the molecule is CCOc1ccc(NS(=O)(=O)c2cn(C(C)C)nc2C(C)(C)C)cc1. The van der Waals surface area contributed by atoms with Crippen LogP contribution in [0.5, 0.6) is 5.75 Å². The first-order valence-electron chi connectivity index (χ1n) is 8.40. The van der Waals surface area contributed by atoms with E-state index in [0.29, 0.717) is 23.7 Å². The molecule has 0 saturated carbocycles.